The van der Waals surface area contributed by atoms with Crippen molar-refractivity contribution in [3.05, 3.63) is 34.9 Å². The van der Waals surface area contributed by atoms with Crippen LogP contribution in [0.25, 0.3) is 0 Å². The predicted molar refractivity (Wildman–Crippen MR) is 53.9 cm³/mol. The summed E-state index contributed by atoms with van der Waals surface area (Å²) in [6.07, 6.45) is 3.39. The normalized spacial score (nSPS) is 40.8. The van der Waals surface area contributed by atoms with E-state index in [-0.39, 0.29) is 5.54 Å². The third kappa shape index (κ3) is 0.866. The number of benzene rings is 1. The molecule has 0 atom stereocenters. The molecule has 0 aromatic heterocycles. The van der Waals surface area contributed by atoms with Crippen molar-refractivity contribution in [2.75, 3.05) is 0 Å². The highest BCUT2D eigenvalue weighted by Crippen LogP contribution is 2.67. The van der Waals surface area contributed by atoms with Gasteiger partial charge in [-0.05, 0) is 30.9 Å². The maximum atomic E-state index is 6.15. The van der Waals surface area contributed by atoms with Gasteiger partial charge in [-0.1, -0.05) is 29.8 Å². The Hall–Kier alpha value is -0.530. The minimum absolute atomic E-state index is 0.166. The van der Waals surface area contributed by atoms with Crippen molar-refractivity contribution in [1.82, 2.24) is 0 Å². The lowest BCUT2D eigenvalue weighted by molar-refractivity contribution is -0.0589. The van der Waals surface area contributed by atoms with E-state index in [0.29, 0.717) is 5.41 Å². The third-order valence-electron chi connectivity index (χ3n) is 3.52. The molecule has 13 heavy (non-hydrogen) atoms. The molecule has 2 heteroatoms. The van der Waals surface area contributed by atoms with Gasteiger partial charge in [0.25, 0.3) is 0 Å². The number of hydrogen-bond acceptors (Lipinski definition) is 1. The Balaban J connectivity index is 1.99. The molecule has 3 fully saturated rings. The van der Waals surface area contributed by atoms with Gasteiger partial charge in [0.05, 0.1) is 0 Å². The van der Waals surface area contributed by atoms with Gasteiger partial charge < -0.3 is 5.73 Å². The summed E-state index contributed by atoms with van der Waals surface area (Å²) in [7, 11) is 0. The molecule has 0 amide bonds. The Morgan fingerprint density at radius 3 is 2.31 bits per heavy atom. The third-order valence-corrected chi connectivity index (χ3v) is 3.85. The van der Waals surface area contributed by atoms with Crippen molar-refractivity contribution in [2.45, 2.75) is 30.2 Å². The Morgan fingerprint density at radius 2 is 1.77 bits per heavy atom. The fourth-order valence-electron chi connectivity index (χ4n) is 3.04. The number of halogens is 1. The Morgan fingerprint density at radius 1 is 1.15 bits per heavy atom. The van der Waals surface area contributed by atoms with E-state index in [1.54, 1.807) is 0 Å². The van der Waals surface area contributed by atoms with Crippen LogP contribution in [0.3, 0.4) is 0 Å². The van der Waals surface area contributed by atoms with Gasteiger partial charge in [-0.15, -0.1) is 0 Å². The van der Waals surface area contributed by atoms with E-state index in [9.17, 15) is 0 Å². The highest BCUT2D eigenvalue weighted by molar-refractivity contribution is 6.31. The molecule has 0 unspecified atom stereocenters. The zero-order valence-corrected chi connectivity index (χ0v) is 8.14. The van der Waals surface area contributed by atoms with Crippen molar-refractivity contribution < 1.29 is 0 Å². The first-order valence-electron chi connectivity index (χ1n) is 4.68. The summed E-state index contributed by atoms with van der Waals surface area (Å²) in [6, 6.07) is 8.15. The molecule has 1 nitrogen and oxygen atoms in total. The summed E-state index contributed by atoms with van der Waals surface area (Å²) in [5, 5.41) is 0.907. The van der Waals surface area contributed by atoms with Crippen LogP contribution < -0.4 is 5.73 Å². The maximum Gasteiger partial charge on any atom is 0.0443 e. The van der Waals surface area contributed by atoms with Crippen LogP contribution in [0.2, 0.25) is 5.02 Å². The van der Waals surface area contributed by atoms with Gasteiger partial charge in [0.1, 0.15) is 0 Å². The zero-order valence-electron chi connectivity index (χ0n) is 7.39. The van der Waals surface area contributed by atoms with Gasteiger partial charge >= 0.3 is 0 Å². The van der Waals surface area contributed by atoms with E-state index in [0.717, 1.165) is 24.3 Å². The molecular formula is C11H12ClN. The SMILES string of the molecule is NC12CC(c3ccccc3Cl)(C1)C2. The minimum Gasteiger partial charge on any atom is -0.325 e. The standard InChI is InChI=1S/C11H12ClN/c12-9-4-2-1-3-8(9)10-5-11(13,6-10)7-10/h1-4H,5-7,13H2. The molecule has 1 aromatic carbocycles. The zero-order chi connectivity index (χ0) is 9.10. The van der Waals surface area contributed by atoms with Crippen LogP contribution in [-0.2, 0) is 5.41 Å². The second kappa shape index (κ2) is 2.10. The van der Waals surface area contributed by atoms with E-state index >= 15 is 0 Å². The van der Waals surface area contributed by atoms with E-state index in [1.165, 1.54) is 5.56 Å². The summed E-state index contributed by atoms with van der Waals surface area (Å²) in [5.41, 5.74) is 7.85. The molecule has 3 saturated carbocycles. The van der Waals surface area contributed by atoms with Gasteiger partial charge in [0, 0.05) is 16.0 Å². The largest absolute Gasteiger partial charge is 0.325 e. The molecular weight excluding hydrogens is 182 g/mol. The molecule has 1 aromatic rings. The molecule has 2 N–H and O–H groups in total. The first-order valence-corrected chi connectivity index (χ1v) is 5.05. The molecule has 0 heterocycles. The van der Waals surface area contributed by atoms with Crippen molar-refractivity contribution >= 4 is 11.6 Å². The van der Waals surface area contributed by atoms with Gasteiger partial charge in [0.15, 0.2) is 0 Å². The van der Waals surface area contributed by atoms with Crippen LogP contribution in [0.4, 0.5) is 0 Å². The lowest BCUT2D eigenvalue weighted by Crippen LogP contribution is -2.74. The monoisotopic (exact) mass is 193 g/mol. The summed E-state index contributed by atoms with van der Waals surface area (Å²) in [5.74, 6) is 0. The van der Waals surface area contributed by atoms with Crippen LogP contribution in [-0.4, -0.2) is 5.54 Å². The smallest absolute Gasteiger partial charge is 0.0443 e. The molecule has 4 rings (SSSR count). The molecule has 0 spiro atoms. The summed E-state index contributed by atoms with van der Waals surface area (Å²) in [6.45, 7) is 0. The van der Waals surface area contributed by atoms with Gasteiger partial charge in [-0.25, -0.2) is 0 Å². The lowest BCUT2D eigenvalue weighted by Gasteiger charge is -2.69. The first-order chi connectivity index (χ1) is 6.14. The number of nitrogens with two attached hydrogens (primary N) is 1. The van der Waals surface area contributed by atoms with Crippen molar-refractivity contribution in [1.29, 1.82) is 0 Å². The van der Waals surface area contributed by atoms with Crippen LogP contribution in [0.15, 0.2) is 24.3 Å². The van der Waals surface area contributed by atoms with Crippen molar-refractivity contribution in [3.8, 4) is 0 Å². The van der Waals surface area contributed by atoms with E-state index < -0.39 is 0 Å². The van der Waals surface area contributed by atoms with Crippen LogP contribution in [0.1, 0.15) is 24.8 Å². The molecule has 0 radical (unpaired) electrons. The van der Waals surface area contributed by atoms with Crippen molar-refractivity contribution in [2.24, 2.45) is 5.73 Å². The van der Waals surface area contributed by atoms with Gasteiger partial charge in [-0.3, -0.25) is 0 Å². The summed E-state index contributed by atoms with van der Waals surface area (Å²) < 4.78 is 0. The van der Waals surface area contributed by atoms with Gasteiger partial charge in [0.2, 0.25) is 0 Å². The summed E-state index contributed by atoms with van der Waals surface area (Å²) in [4.78, 5) is 0. The summed E-state index contributed by atoms with van der Waals surface area (Å²) >= 11 is 6.15. The molecule has 3 aliphatic carbocycles. The quantitative estimate of drug-likeness (QED) is 0.729. The highest BCUT2D eigenvalue weighted by Gasteiger charge is 2.66. The fourth-order valence-corrected chi connectivity index (χ4v) is 3.38. The van der Waals surface area contributed by atoms with Gasteiger partial charge in [-0.2, -0.15) is 0 Å². The number of hydrogen-bond donors (Lipinski definition) is 1. The molecule has 68 valence electrons. The first kappa shape index (κ1) is 7.84. The lowest BCUT2D eigenvalue weighted by atomic mass is 9.38. The Bertz CT molecular complexity index is 352. The van der Waals surface area contributed by atoms with E-state index in [2.05, 4.69) is 12.1 Å². The Kier molecular flexibility index (Phi) is 1.27. The minimum atomic E-state index is 0.166. The van der Waals surface area contributed by atoms with E-state index in [1.807, 2.05) is 12.1 Å². The average molecular weight is 194 g/mol. The molecule has 0 saturated heterocycles. The Labute approximate surface area is 82.9 Å². The molecule has 2 bridgehead atoms. The average Bonchev–Trinajstić information content (AvgIpc) is 1.99. The van der Waals surface area contributed by atoms with Crippen LogP contribution in [0, 0.1) is 0 Å². The fraction of sp³-hybridized carbons (Fsp3) is 0.455. The topological polar surface area (TPSA) is 26.0 Å². The van der Waals surface area contributed by atoms with Crippen LogP contribution >= 0.6 is 11.6 Å². The highest BCUT2D eigenvalue weighted by atomic mass is 35.5. The molecule has 3 aliphatic rings. The van der Waals surface area contributed by atoms with E-state index in [4.69, 9.17) is 17.3 Å². The predicted octanol–water partition coefficient (Wildman–Crippen LogP) is 2.47. The van der Waals surface area contributed by atoms with Crippen molar-refractivity contribution in [3.63, 3.8) is 0 Å². The number of rotatable bonds is 1. The molecule has 0 aliphatic heterocycles. The second-order valence-electron chi connectivity index (χ2n) is 4.65. The maximum absolute atomic E-state index is 6.15. The van der Waals surface area contributed by atoms with Crippen LogP contribution in [0.5, 0.6) is 0 Å². The second-order valence-corrected chi connectivity index (χ2v) is 5.06.